The molecule has 2 saturated carbocycles. The normalized spacial score (nSPS) is 26.2. The Morgan fingerprint density at radius 1 is 1.23 bits per heavy atom. The number of hydrogen-bond donors (Lipinski definition) is 1. The monoisotopic (exact) mass is 546 g/mol. The molecule has 1 aromatic heterocycles. The van der Waals surface area contributed by atoms with E-state index in [0.29, 0.717) is 17.9 Å². The van der Waals surface area contributed by atoms with E-state index >= 15 is 0 Å². The Morgan fingerprint density at radius 3 is 2.83 bits per heavy atom. The molecule has 0 bridgehead atoms. The fraction of sp³-hybridized carbons (Fsp3) is 0.581. The summed E-state index contributed by atoms with van der Waals surface area (Å²) in [5.74, 6) is -0.157. The summed E-state index contributed by atoms with van der Waals surface area (Å²) in [7, 11) is 1.85. The van der Waals surface area contributed by atoms with Crippen molar-refractivity contribution in [3.8, 4) is 0 Å². The van der Waals surface area contributed by atoms with E-state index in [4.69, 9.17) is 0 Å². The second-order valence-electron chi connectivity index (χ2n) is 11.8. The van der Waals surface area contributed by atoms with Crippen LogP contribution < -0.4 is 5.01 Å². The third-order valence-corrected chi connectivity index (χ3v) is 8.86. The molecule has 2 heterocycles. The number of likely N-dealkylation sites (tertiary alicyclic amines) is 1. The van der Waals surface area contributed by atoms with E-state index in [0.717, 1.165) is 69.3 Å². The van der Waals surface area contributed by atoms with Crippen LogP contribution in [0, 0.1) is 5.92 Å². The van der Waals surface area contributed by atoms with E-state index in [9.17, 15) is 14.7 Å². The van der Waals surface area contributed by atoms with Gasteiger partial charge in [0.25, 0.3) is 0 Å². The first-order valence-corrected chi connectivity index (χ1v) is 14.9. The van der Waals surface area contributed by atoms with Crippen LogP contribution in [0.3, 0.4) is 0 Å². The number of carbonyl (C=O) groups excluding carboxylic acids is 1. The molecule has 3 fully saturated rings. The van der Waals surface area contributed by atoms with Gasteiger partial charge in [-0.15, -0.1) is 5.10 Å². The molecule has 40 heavy (non-hydrogen) atoms. The van der Waals surface area contributed by atoms with Crippen molar-refractivity contribution in [2.75, 3.05) is 11.6 Å². The third-order valence-electron chi connectivity index (χ3n) is 8.86. The molecule has 3 aliphatic rings. The van der Waals surface area contributed by atoms with Crippen LogP contribution in [-0.4, -0.2) is 61.7 Å². The smallest absolute Gasteiger partial charge is 0.336 e. The molecule has 214 valence electrons. The van der Waals surface area contributed by atoms with Crippen LogP contribution in [0.25, 0.3) is 0 Å². The van der Waals surface area contributed by atoms with Crippen LogP contribution in [-0.2, 0) is 16.6 Å². The van der Waals surface area contributed by atoms with Crippen molar-refractivity contribution < 1.29 is 14.7 Å². The van der Waals surface area contributed by atoms with E-state index in [1.54, 1.807) is 4.68 Å². The van der Waals surface area contributed by atoms with Gasteiger partial charge in [-0.2, -0.15) is 5.10 Å². The number of carboxylic acids is 1. The number of rotatable bonds is 11. The topological polar surface area (TPSA) is 104 Å². The molecule has 1 saturated heterocycles. The van der Waals surface area contributed by atoms with Crippen molar-refractivity contribution in [3.63, 3.8) is 0 Å². The van der Waals surface area contributed by atoms with Crippen molar-refractivity contribution in [2.45, 2.75) is 95.1 Å². The molecule has 9 nitrogen and oxygen atoms in total. The molecule has 1 amide bonds. The summed E-state index contributed by atoms with van der Waals surface area (Å²) in [5.41, 5.74) is 2.98. The van der Waals surface area contributed by atoms with Crippen LogP contribution in [0.2, 0.25) is 0 Å². The average molecular weight is 547 g/mol. The van der Waals surface area contributed by atoms with Crippen LogP contribution in [0.4, 0.5) is 5.69 Å². The van der Waals surface area contributed by atoms with Gasteiger partial charge in [0.05, 0.1) is 29.2 Å². The maximum absolute atomic E-state index is 13.6. The van der Waals surface area contributed by atoms with E-state index in [-0.39, 0.29) is 23.5 Å². The minimum Gasteiger partial charge on any atom is -0.478 e. The summed E-state index contributed by atoms with van der Waals surface area (Å²) < 4.78 is 1.69. The number of carbonyl (C=O) groups is 2. The van der Waals surface area contributed by atoms with Gasteiger partial charge in [0.1, 0.15) is 0 Å². The van der Waals surface area contributed by atoms with Gasteiger partial charge in [0.15, 0.2) is 0 Å². The molecule has 2 aromatic rings. The first kappa shape index (κ1) is 28.1. The van der Waals surface area contributed by atoms with Crippen molar-refractivity contribution in [1.82, 2.24) is 19.9 Å². The fourth-order valence-electron chi connectivity index (χ4n) is 6.57. The Labute approximate surface area is 236 Å². The molecule has 5 unspecified atom stereocenters. The molecule has 1 aliphatic heterocycles. The number of aliphatic carboxylic acids is 1. The number of anilines is 1. The molecule has 5 atom stereocenters. The van der Waals surface area contributed by atoms with Gasteiger partial charge >= 0.3 is 5.97 Å². The average Bonchev–Trinajstić information content (AvgIpc) is 3.38. The zero-order valence-electron chi connectivity index (χ0n) is 23.8. The molecule has 1 N–H and O–H groups in total. The number of benzene rings is 1. The Morgan fingerprint density at radius 2 is 2.08 bits per heavy atom. The molecule has 5 rings (SSSR count). The standard InChI is InChI=1S/C31H42N6O3/c1-4-5-12-25-14-8-15-36(25)30(38)24-11-6-9-22(16-24)23-10-7-13-26(17-23)37(32-19-21(2)31(39)40)29-18-27(29)28-20-35(3)34-33-28/h7,10,13,17,19-20,22,24-25,27,29H,2,4-6,8-9,11-12,14-16,18H2,1,3H3,(H,39,40)/b32-19-. The Kier molecular flexibility index (Phi) is 8.66. The van der Waals surface area contributed by atoms with Crippen molar-refractivity contribution in [1.29, 1.82) is 0 Å². The molecule has 2 aliphatic carbocycles. The van der Waals surface area contributed by atoms with Gasteiger partial charge in [-0.3, -0.25) is 14.5 Å². The Bertz CT molecular complexity index is 1260. The van der Waals surface area contributed by atoms with Crippen molar-refractivity contribution in [3.05, 3.63) is 53.9 Å². The second-order valence-corrected chi connectivity index (χ2v) is 11.8. The summed E-state index contributed by atoms with van der Waals surface area (Å²) in [6, 6.07) is 8.87. The quantitative estimate of drug-likeness (QED) is 0.234. The van der Waals surface area contributed by atoms with Crippen LogP contribution >= 0.6 is 0 Å². The summed E-state index contributed by atoms with van der Waals surface area (Å²) in [5, 5.41) is 24.2. The Balaban J connectivity index is 1.32. The highest BCUT2D eigenvalue weighted by Gasteiger charge is 2.45. The molecular formula is C31H42N6O3. The van der Waals surface area contributed by atoms with Gasteiger partial charge < -0.3 is 10.0 Å². The summed E-state index contributed by atoms with van der Waals surface area (Å²) in [6.07, 6.45) is 13.8. The van der Waals surface area contributed by atoms with Gasteiger partial charge in [-0.05, 0) is 68.6 Å². The number of hydrogen-bond acceptors (Lipinski definition) is 6. The fourth-order valence-corrected chi connectivity index (χ4v) is 6.57. The van der Waals surface area contributed by atoms with Crippen LogP contribution in [0.1, 0.15) is 94.2 Å². The minimum atomic E-state index is -1.09. The largest absolute Gasteiger partial charge is 0.478 e. The lowest BCUT2D eigenvalue weighted by Gasteiger charge is -2.34. The lowest BCUT2D eigenvalue weighted by atomic mass is 9.77. The zero-order valence-corrected chi connectivity index (χ0v) is 23.8. The lowest BCUT2D eigenvalue weighted by Crippen LogP contribution is -2.41. The van der Waals surface area contributed by atoms with Crippen LogP contribution in [0.5, 0.6) is 0 Å². The molecular weight excluding hydrogens is 504 g/mol. The van der Waals surface area contributed by atoms with Gasteiger partial charge in [0, 0.05) is 37.7 Å². The Hall–Kier alpha value is -3.49. The second kappa shape index (κ2) is 12.4. The number of carboxylic acid groups (broad SMARTS) is 1. The summed E-state index contributed by atoms with van der Waals surface area (Å²) >= 11 is 0. The van der Waals surface area contributed by atoms with Gasteiger partial charge in [-0.25, -0.2) is 4.79 Å². The zero-order chi connectivity index (χ0) is 28.2. The predicted octanol–water partition coefficient (Wildman–Crippen LogP) is 5.26. The number of hydrazone groups is 1. The maximum atomic E-state index is 13.6. The highest BCUT2D eigenvalue weighted by molar-refractivity contribution is 6.08. The van der Waals surface area contributed by atoms with E-state index in [1.165, 1.54) is 24.6 Å². The first-order chi connectivity index (χ1) is 19.4. The number of nitrogens with zero attached hydrogens (tertiary/aromatic N) is 6. The molecule has 9 heteroatoms. The number of aromatic nitrogens is 3. The lowest BCUT2D eigenvalue weighted by molar-refractivity contribution is -0.137. The minimum absolute atomic E-state index is 0.0562. The molecule has 0 spiro atoms. The third kappa shape index (κ3) is 6.29. The number of aryl methyl sites for hydroxylation is 1. The van der Waals surface area contributed by atoms with Crippen LogP contribution in [0.15, 0.2) is 47.7 Å². The van der Waals surface area contributed by atoms with Crippen molar-refractivity contribution >= 4 is 23.8 Å². The summed E-state index contributed by atoms with van der Waals surface area (Å²) in [6.45, 7) is 6.74. The summed E-state index contributed by atoms with van der Waals surface area (Å²) in [4.78, 5) is 27.2. The number of amides is 1. The molecule has 1 aromatic carbocycles. The van der Waals surface area contributed by atoms with E-state index in [2.05, 4.69) is 45.9 Å². The highest BCUT2D eigenvalue weighted by Crippen LogP contribution is 2.46. The highest BCUT2D eigenvalue weighted by atomic mass is 16.4. The molecule has 0 radical (unpaired) electrons. The van der Waals surface area contributed by atoms with Gasteiger partial charge in [-0.1, -0.05) is 50.1 Å². The van der Waals surface area contributed by atoms with E-state index in [1.807, 2.05) is 30.4 Å². The first-order valence-electron chi connectivity index (χ1n) is 14.9. The predicted molar refractivity (Wildman–Crippen MR) is 155 cm³/mol. The maximum Gasteiger partial charge on any atom is 0.336 e. The van der Waals surface area contributed by atoms with Gasteiger partial charge in [0.2, 0.25) is 5.91 Å². The van der Waals surface area contributed by atoms with Crippen molar-refractivity contribution in [2.24, 2.45) is 18.1 Å². The SMILES string of the molecule is C=C(/C=N\N(c1cccc(C2CCCC(C(=O)N3CCCC3CCCC)C2)c1)C1CC1c1cn(C)nn1)C(=O)O. The van der Waals surface area contributed by atoms with E-state index < -0.39 is 5.97 Å². The number of unbranched alkanes of at least 4 members (excludes halogenated alkanes) is 1.